The number of thiophene rings is 1. The first-order valence-corrected chi connectivity index (χ1v) is 10.5. The molecule has 9 heteroatoms. The third-order valence-electron chi connectivity index (χ3n) is 4.11. The number of aromatic nitrogens is 2. The normalized spacial score (nSPS) is 10.6. The van der Waals surface area contributed by atoms with Crippen LogP contribution in [0.15, 0.2) is 60.7 Å². The summed E-state index contributed by atoms with van der Waals surface area (Å²) in [5.74, 6) is -1.27. The molecule has 6 nitrogen and oxygen atoms in total. The molecule has 0 unspecified atom stereocenters. The minimum absolute atomic E-state index is 0.203. The Kier molecular flexibility index (Phi) is 5.64. The van der Waals surface area contributed by atoms with Gasteiger partial charge in [0.25, 0.3) is 11.8 Å². The zero-order chi connectivity index (χ0) is 21.1. The highest BCUT2D eigenvalue weighted by molar-refractivity contribution is 7.19. The molecule has 4 rings (SSSR count). The van der Waals surface area contributed by atoms with E-state index in [1.165, 1.54) is 29.5 Å². The number of hydrogen-bond donors (Lipinski definition) is 2. The minimum atomic E-state index is -0.489. The summed E-state index contributed by atoms with van der Waals surface area (Å²) in [5.41, 5.74) is 1.83. The second-order valence-corrected chi connectivity index (χ2v) is 8.35. The molecule has 0 atom stereocenters. The molecule has 0 saturated carbocycles. The van der Waals surface area contributed by atoms with Gasteiger partial charge in [-0.15, -0.1) is 21.5 Å². The van der Waals surface area contributed by atoms with Crippen molar-refractivity contribution in [2.45, 2.75) is 6.92 Å². The maximum absolute atomic E-state index is 13.3. The van der Waals surface area contributed by atoms with Gasteiger partial charge in [-0.25, -0.2) is 4.39 Å². The molecule has 150 valence electrons. The molecule has 2 N–H and O–H groups in total. The van der Waals surface area contributed by atoms with Crippen LogP contribution in [-0.2, 0) is 0 Å². The molecule has 0 aliphatic heterocycles. The Morgan fingerprint density at radius 1 is 0.900 bits per heavy atom. The lowest BCUT2D eigenvalue weighted by Gasteiger charge is -2.02. The molecule has 0 aliphatic rings. The van der Waals surface area contributed by atoms with Crippen molar-refractivity contribution in [2.75, 3.05) is 10.6 Å². The average Bonchev–Trinajstić information content (AvgIpc) is 3.35. The van der Waals surface area contributed by atoms with Gasteiger partial charge in [0, 0.05) is 11.1 Å². The number of nitrogens with one attached hydrogen (secondary N) is 2. The van der Waals surface area contributed by atoms with Gasteiger partial charge < -0.3 is 5.32 Å². The Hall–Kier alpha value is -3.43. The van der Waals surface area contributed by atoms with E-state index in [2.05, 4.69) is 20.8 Å². The number of nitrogens with zero attached hydrogens (tertiary/aromatic N) is 2. The van der Waals surface area contributed by atoms with Gasteiger partial charge in [-0.3, -0.25) is 14.9 Å². The lowest BCUT2D eigenvalue weighted by molar-refractivity contribution is 0.101. The molecular weight excluding hydrogens is 423 g/mol. The number of benzene rings is 2. The number of rotatable bonds is 5. The van der Waals surface area contributed by atoms with E-state index >= 15 is 0 Å². The van der Waals surface area contributed by atoms with E-state index in [4.69, 9.17) is 0 Å². The molecule has 0 saturated heterocycles. The van der Waals surface area contributed by atoms with Crippen LogP contribution in [-0.4, -0.2) is 22.0 Å². The van der Waals surface area contributed by atoms with Gasteiger partial charge in [0.15, 0.2) is 0 Å². The fourth-order valence-electron chi connectivity index (χ4n) is 2.71. The third kappa shape index (κ3) is 4.42. The van der Waals surface area contributed by atoms with Crippen molar-refractivity contribution in [2.24, 2.45) is 0 Å². The van der Waals surface area contributed by atoms with Crippen molar-refractivity contribution in [3.8, 4) is 10.6 Å². The predicted molar refractivity (Wildman–Crippen MR) is 117 cm³/mol. The lowest BCUT2D eigenvalue weighted by atomic mass is 10.2. The zero-order valence-corrected chi connectivity index (χ0v) is 17.3. The van der Waals surface area contributed by atoms with Crippen LogP contribution in [0.25, 0.3) is 10.6 Å². The monoisotopic (exact) mass is 438 g/mol. The van der Waals surface area contributed by atoms with E-state index in [1.807, 2.05) is 30.3 Å². The van der Waals surface area contributed by atoms with Gasteiger partial charge in [-0.05, 0) is 36.8 Å². The highest BCUT2D eigenvalue weighted by Crippen LogP contribution is 2.30. The second-order valence-electron chi connectivity index (χ2n) is 6.32. The molecule has 0 aliphatic carbocycles. The highest BCUT2D eigenvalue weighted by atomic mass is 32.1. The van der Waals surface area contributed by atoms with Crippen LogP contribution in [0.4, 0.5) is 14.5 Å². The van der Waals surface area contributed by atoms with E-state index in [0.717, 1.165) is 23.0 Å². The van der Waals surface area contributed by atoms with Crippen molar-refractivity contribution >= 4 is 44.6 Å². The molecule has 30 heavy (non-hydrogen) atoms. The smallest absolute Gasteiger partial charge is 0.267 e. The van der Waals surface area contributed by atoms with Crippen LogP contribution in [0.5, 0.6) is 0 Å². The largest absolute Gasteiger partial charge is 0.314 e. The van der Waals surface area contributed by atoms with Crippen LogP contribution in [0.2, 0.25) is 0 Å². The summed E-state index contributed by atoms with van der Waals surface area (Å²) in [4.78, 5) is 25.4. The molecule has 2 aromatic carbocycles. The first-order chi connectivity index (χ1) is 14.5. The Labute approximate surface area is 179 Å². The molecule has 2 amide bonds. The summed E-state index contributed by atoms with van der Waals surface area (Å²) in [6, 6.07) is 16.7. The molecule has 0 bridgehead atoms. The quantitative estimate of drug-likeness (QED) is 0.448. The third-order valence-corrected chi connectivity index (χ3v) is 6.15. The molecular formula is C21H15FN4O2S2. The topological polar surface area (TPSA) is 84.0 Å². The van der Waals surface area contributed by atoms with E-state index in [9.17, 15) is 14.0 Å². The van der Waals surface area contributed by atoms with Crippen LogP contribution >= 0.6 is 22.7 Å². The molecule has 2 heterocycles. The predicted octanol–water partition coefficient (Wildman–Crippen LogP) is 5.22. The van der Waals surface area contributed by atoms with E-state index in [-0.39, 0.29) is 11.5 Å². The van der Waals surface area contributed by atoms with Gasteiger partial charge in [-0.2, -0.15) is 0 Å². The molecule has 0 radical (unpaired) electrons. The van der Waals surface area contributed by atoms with Crippen molar-refractivity contribution < 1.29 is 14.0 Å². The van der Waals surface area contributed by atoms with E-state index in [1.54, 1.807) is 13.0 Å². The van der Waals surface area contributed by atoms with Crippen LogP contribution in [0.3, 0.4) is 0 Å². The van der Waals surface area contributed by atoms with Gasteiger partial charge in [0.05, 0.1) is 9.88 Å². The maximum atomic E-state index is 13.3. The summed E-state index contributed by atoms with van der Waals surface area (Å²) >= 11 is 2.41. The first kappa shape index (κ1) is 19.9. The summed E-state index contributed by atoms with van der Waals surface area (Å²) in [6.45, 7) is 1.78. The number of aryl methyl sites for hydroxylation is 1. The Morgan fingerprint density at radius 3 is 2.47 bits per heavy atom. The number of halogens is 1. The Bertz CT molecular complexity index is 1220. The minimum Gasteiger partial charge on any atom is -0.314 e. The van der Waals surface area contributed by atoms with Crippen LogP contribution in [0, 0.1) is 12.7 Å². The average molecular weight is 439 g/mol. The van der Waals surface area contributed by atoms with Gasteiger partial charge in [0.2, 0.25) is 5.13 Å². The van der Waals surface area contributed by atoms with Crippen molar-refractivity contribution in [1.82, 2.24) is 10.2 Å². The Morgan fingerprint density at radius 2 is 1.70 bits per heavy atom. The first-order valence-electron chi connectivity index (χ1n) is 8.87. The van der Waals surface area contributed by atoms with Gasteiger partial charge in [0.1, 0.15) is 10.8 Å². The SMILES string of the molecule is Cc1cc(NC(=O)c2cccc(F)c2)sc1C(=O)Nc1nnc(-c2ccccc2)s1. The molecule has 0 fully saturated rings. The number of carbonyl (C=O) groups excluding carboxylic acids is 2. The number of amides is 2. The Balaban J connectivity index is 1.46. The number of hydrogen-bond acceptors (Lipinski definition) is 6. The maximum Gasteiger partial charge on any atom is 0.267 e. The number of anilines is 2. The van der Waals surface area contributed by atoms with Crippen molar-refractivity contribution in [1.29, 1.82) is 0 Å². The lowest BCUT2D eigenvalue weighted by Crippen LogP contribution is -2.11. The number of carbonyl (C=O) groups is 2. The van der Waals surface area contributed by atoms with Crippen molar-refractivity contribution in [3.05, 3.63) is 82.5 Å². The molecule has 0 spiro atoms. The fraction of sp³-hybridized carbons (Fsp3) is 0.0476. The second kappa shape index (κ2) is 8.52. The van der Waals surface area contributed by atoms with Crippen LogP contribution in [0.1, 0.15) is 25.6 Å². The summed E-state index contributed by atoms with van der Waals surface area (Å²) in [5, 5.41) is 15.2. The fourth-order valence-corrected chi connectivity index (χ4v) is 4.42. The standard InChI is InChI=1S/C21H15FN4O2S2/c1-12-10-16(23-18(27)14-8-5-9-15(22)11-14)29-17(12)19(28)24-21-26-25-20(30-21)13-6-3-2-4-7-13/h2-11H,1H3,(H,23,27)(H,24,26,28). The van der Waals surface area contributed by atoms with Gasteiger partial charge >= 0.3 is 0 Å². The molecule has 2 aromatic heterocycles. The van der Waals surface area contributed by atoms with Crippen molar-refractivity contribution in [3.63, 3.8) is 0 Å². The van der Waals surface area contributed by atoms with E-state index in [0.29, 0.717) is 25.6 Å². The van der Waals surface area contributed by atoms with Gasteiger partial charge in [-0.1, -0.05) is 47.7 Å². The summed E-state index contributed by atoms with van der Waals surface area (Å²) in [6.07, 6.45) is 0. The van der Waals surface area contributed by atoms with E-state index < -0.39 is 11.7 Å². The summed E-state index contributed by atoms with van der Waals surface area (Å²) in [7, 11) is 0. The van der Waals surface area contributed by atoms with Crippen LogP contribution < -0.4 is 10.6 Å². The molecule has 4 aromatic rings. The zero-order valence-electron chi connectivity index (χ0n) is 15.7. The summed E-state index contributed by atoms with van der Waals surface area (Å²) < 4.78 is 13.3. The highest BCUT2D eigenvalue weighted by Gasteiger charge is 2.18.